The first-order valence-corrected chi connectivity index (χ1v) is 9.64. The van der Waals surface area contributed by atoms with E-state index in [4.69, 9.17) is 9.15 Å². The van der Waals surface area contributed by atoms with Gasteiger partial charge in [0.15, 0.2) is 0 Å². The summed E-state index contributed by atoms with van der Waals surface area (Å²) < 4.78 is 12.4. The van der Waals surface area contributed by atoms with Crippen molar-refractivity contribution in [2.75, 3.05) is 7.11 Å². The second-order valence-corrected chi connectivity index (χ2v) is 7.03. The lowest BCUT2D eigenvalue weighted by atomic mass is 10.1. The fraction of sp³-hybridized carbons (Fsp3) is 0.167. The molecule has 4 rings (SSSR count). The summed E-state index contributed by atoms with van der Waals surface area (Å²) in [5, 5.41) is 3.77. The maximum Gasteiger partial charge on any atom is 0.341 e. The van der Waals surface area contributed by atoms with E-state index in [2.05, 4.69) is 22.0 Å². The number of hydrogen-bond donors (Lipinski definition) is 1. The highest BCUT2D eigenvalue weighted by molar-refractivity contribution is 6.07. The minimum atomic E-state index is -0.460. The number of fused-ring (bicyclic) bond motifs is 1. The van der Waals surface area contributed by atoms with Crippen LogP contribution in [0.3, 0.4) is 0 Å². The van der Waals surface area contributed by atoms with Crippen molar-refractivity contribution in [2.24, 2.45) is 0 Å². The lowest BCUT2D eigenvalue weighted by Crippen LogP contribution is -2.22. The zero-order chi connectivity index (χ0) is 21.1. The number of carbonyl (C=O) groups is 2. The summed E-state index contributed by atoms with van der Waals surface area (Å²) in [6.45, 7) is 2.54. The SMILES string of the molecule is COC(=O)c1cc(CNC(=O)c2cn(Cc3ccccc3)c3ccccc23)oc1C. The van der Waals surface area contributed by atoms with Crippen LogP contribution >= 0.6 is 0 Å². The van der Waals surface area contributed by atoms with E-state index in [1.54, 1.807) is 13.0 Å². The smallest absolute Gasteiger partial charge is 0.341 e. The minimum absolute atomic E-state index is 0.175. The molecular weight excluding hydrogens is 380 g/mol. The Balaban J connectivity index is 1.56. The van der Waals surface area contributed by atoms with Crippen molar-refractivity contribution < 1.29 is 18.7 Å². The molecule has 0 aliphatic carbocycles. The third-order valence-electron chi connectivity index (χ3n) is 5.03. The molecule has 0 bridgehead atoms. The number of nitrogens with one attached hydrogen (secondary N) is 1. The molecule has 0 aliphatic rings. The number of esters is 1. The monoisotopic (exact) mass is 402 g/mol. The molecule has 0 unspecified atom stereocenters. The molecule has 2 aromatic carbocycles. The Labute approximate surface area is 174 Å². The molecule has 30 heavy (non-hydrogen) atoms. The predicted octanol–water partition coefficient (Wildman–Crippen LogP) is 4.31. The summed E-state index contributed by atoms with van der Waals surface area (Å²) >= 11 is 0. The first-order chi connectivity index (χ1) is 14.6. The van der Waals surface area contributed by atoms with E-state index in [0.29, 0.717) is 29.2 Å². The van der Waals surface area contributed by atoms with Crippen molar-refractivity contribution in [3.63, 3.8) is 0 Å². The van der Waals surface area contributed by atoms with E-state index < -0.39 is 5.97 Å². The highest BCUT2D eigenvalue weighted by Crippen LogP contribution is 2.23. The molecule has 0 saturated carbocycles. The van der Waals surface area contributed by atoms with Gasteiger partial charge in [-0.15, -0.1) is 0 Å². The number of carbonyl (C=O) groups excluding carboxylic acids is 2. The third kappa shape index (κ3) is 3.85. The summed E-state index contributed by atoms with van der Waals surface area (Å²) in [4.78, 5) is 24.7. The number of ether oxygens (including phenoxy) is 1. The number of aryl methyl sites for hydroxylation is 1. The molecule has 0 aliphatic heterocycles. The van der Waals surface area contributed by atoms with Crippen molar-refractivity contribution in [3.8, 4) is 0 Å². The number of nitrogens with zero attached hydrogens (tertiary/aromatic N) is 1. The number of benzene rings is 2. The Hall–Kier alpha value is -3.80. The number of hydrogen-bond acceptors (Lipinski definition) is 4. The Morgan fingerprint density at radius 2 is 1.77 bits per heavy atom. The van der Waals surface area contributed by atoms with Crippen LogP contribution in [0, 0.1) is 6.92 Å². The van der Waals surface area contributed by atoms with Gasteiger partial charge in [0, 0.05) is 23.6 Å². The van der Waals surface area contributed by atoms with Crippen LogP contribution in [0.5, 0.6) is 0 Å². The van der Waals surface area contributed by atoms with Crippen molar-refractivity contribution in [1.29, 1.82) is 0 Å². The zero-order valence-electron chi connectivity index (χ0n) is 16.8. The number of amides is 1. The van der Waals surface area contributed by atoms with Gasteiger partial charge in [-0.1, -0.05) is 48.5 Å². The number of para-hydroxylation sites is 1. The molecule has 0 spiro atoms. The summed E-state index contributed by atoms with van der Waals surface area (Å²) in [7, 11) is 1.32. The maximum absolute atomic E-state index is 12.9. The number of furan rings is 1. The van der Waals surface area contributed by atoms with Crippen molar-refractivity contribution in [1.82, 2.24) is 9.88 Å². The molecule has 1 amide bonds. The second-order valence-electron chi connectivity index (χ2n) is 7.03. The average molecular weight is 402 g/mol. The van der Waals surface area contributed by atoms with Crippen LogP contribution in [0.1, 0.15) is 37.8 Å². The van der Waals surface area contributed by atoms with Gasteiger partial charge < -0.3 is 19.0 Å². The highest BCUT2D eigenvalue weighted by Gasteiger charge is 2.18. The Kier molecular flexibility index (Phi) is 5.39. The molecule has 6 heteroatoms. The number of rotatable bonds is 6. The van der Waals surface area contributed by atoms with Crippen LogP contribution in [0.4, 0.5) is 0 Å². The van der Waals surface area contributed by atoms with Crippen LogP contribution < -0.4 is 5.32 Å². The van der Waals surface area contributed by atoms with Crippen LogP contribution in [0.2, 0.25) is 0 Å². The van der Waals surface area contributed by atoms with Gasteiger partial charge in [0.1, 0.15) is 17.1 Å². The summed E-state index contributed by atoms with van der Waals surface area (Å²) in [5.74, 6) is 0.296. The van der Waals surface area contributed by atoms with E-state index in [9.17, 15) is 9.59 Å². The summed E-state index contributed by atoms with van der Waals surface area (Å²) in [5.41, 5.74) is 3.11. The standard InChI is InChI=1S/C24H22N2O4/c1-16-20(24(28)29-2)12-18(30-16)13-25-23(27)21-15-26(14-17-8-4-3-5-9-17)22-11-7-6-10-19(21)22/h3-12,15H,13-14H2,1-2H3,(H,25,27). The summed E-state index contributed by atoms with van der Waals surface area (Å²) in [6.07, 6.45) is 1.88. The minimum Gasteiger partial charge on any atom is -0.465 e. The number of methoxy groups -OCH3 is 1. The third-order valence-corrected chi connectivity index (χ3v) is 5.03. The highest BCUT2D eigenvalue weighted by atomic mass is 16.5. The molecule has 4 aromatic rings. The molecule has 6 nitrogen and oxygen atoms in total. The Morgan fingerprint density at radius 3 is 2.53 bits per heavy atom. The molecular formula is C24H22N2O4. The van der Waals surface area contributed by atoms with Crippen molar-refractivity contribution in [2.45, 2.75) is 20.0 Å². The first-order valence-electron chi connectivity index (χ1n) is 9.64. The fourth-order valence-corrected chi connectivity index (χ4v) is 3.54. The van der Waals surface area contributed by atoms with Gasteiger partial charge in [0.2, 0.25) is 0 Å². The summed E-state index contributed by atoms with van der Waals surface area (Å²) in [6, 6.07) is 19.5. The lowest BCUT2D eigenvalue weighted by Gasteiger charge is -2.05. The van der Waals surface area contributed by atoms with Crippen molar-refractivity contribution in [3.05, 3.63) is 95.1 Å². The first kappa shape index (κ1) is 19.5. The molecule has 0 radical (unpaired) electrons. The molecule has 2 aromatic heterocycles. The van der Waals surface area contributed by atoms with Crippen LogP contribution in [0.25, 0.3) is 10.9 Å². The zero-order valence-corrected chi connectivity index (χ0v) is 16.8. The molecule has 2 heterocycles. The van der Waals surface area contributed by atoms with E-state index in [-0.39, 0.29) is 12.5 Å². The molecule has 0 saturated heterocycles. The van der Waals surface area contributed by atoms with Crippen LogP contribution in [-0.4, -0.2) is 23.6 Å². The average Bonchev–Trinajstić information content (AvgIpc) is 3.33. The number of aromatic nitrogens is 1. The Morgan fingerprint density at radius 1 is 1.03 bits per heavy atom. The second kappa shape index (κ2) is 8.29. The van der Waals surface area contributed by atoms with Crippen molar-refractivity contribution >= 4 is 22.8 Å². The maximum atomic E-state index is 12.9. The quantitative estimate of drug-likeness (QED) is 0.488. The van der Waals surface area contributed by atoms with Crippen LogP contribution in [-0.2, 0) is 17.8 Å². The van der Waals surface area contributed by atoms with Gasteiger partial charge in [-0.2, -0.15) is 0 Å². The van der Waals surface area contributed by atoms with Gasteiger partial charge in [-0.05, 0) is 24.6 Å². The molecule has 1 N–H and O–H groups in total. The fourth-order valence-electron chi connectivity index (χ4n) is 3.54. The van der Waals surface area contributed by atoms with Gasteiger partial charge in [0.05, 0.1) is 19.2 Å². The van der Waals surface area contributed by atoms with Gasteiger partial charge in [-0.3, -0.25) is 4.79 Å². The molecule has 0 fully saturated rings. The normalized spacial score (nSPS) is 10.9. The van der Waals surface area contributed by atoms with E-state index >= 15 is 0 Å². The van der Waals surface area contributed by atoms with E-state index in [1.165, 1.54) is 7.11 Å². The van der Waals surface area contributed by atoms with E-state index in [0.717, 1.165) is 16.5 Å². The molecule has 0 atom stereocenters. The predicted molar refractivity (Wildman–Crippen MR) is 113 cm³/mol. The van der Waals surface area contributed by atoms with E-state index in [1.807, 2.05) is 48.7 Å². The Bertz CT molecular complexity index is 1200. The topological polar surface area (TPSA) is 73.5 Å². The lowest BCUT2D eigenvalue weighted by molar-refractivity contribution is 0.0598. The van der Waals surface area contributed by atoms with Gasteiger partial charge >= 0.3 is 5.97 Å². The van der Waals surface area contributed by atoms with Crippen LogP contribution in [0.15, 0.2) is 71.3 Å². The van der Waals surface area contributed by atoms with Gasteiger partial charge in [-0.25, -0.2) is 4.79 Å². The molecule has 152 valence electrons. The van der Waals surface area contributed by atoms with Gasteiger partial charge in [0.25, 0.3) is 5.91 Å². The largest absolute Gasteiger partial charge is 0.465 e.